The van der Waals surface area contributed by atoms with Crippen LogP contribution in [0.1, 0.15) is 18.4 Å². The quantitative estimate of drug-likeness (QED) is 0.241. The second-order valence-corrected chi connectivity index (χ2v) is 12.7. The number of carbonyl (C=O) groups excluding carboxylic acids is 2. The molecule has 242 valence electrons. The maximum Gasteiger partial charge on any atom is 0.415 e. The van der Waals surface area contributed by atoms with Gasteiger partial charge in [0.2, 0.25) is 15.9 Å². The Bertz CT molecular complexity index is 1680. The molecule has 2 atom stereocenters. The molecule has 15 nitrogen and oxygen atoms in total. The van der Waals surface area contributed by atoms with E-state index in [1.54, 1.807) is 23.2 Å². The normalized spacial score (nSPS) is 17.7. The average Bonchev–Trinajstić information content (AvgIpc) is 3.57. The Labute approximate surface area is 264 Å². The zero-order valence-electron chi connectivity index (χ0n) is 24.6. The fourth-order valence-corrected chi connectivity index (χ4v) is 7.04. The number of rotatable bonds is 10. The SMILES string of the molecule is O=C(O)[C@H](Cc1ccc(OC(=O)N2CCN(c3ccccn3)CC2)cc1)NC(=O)[C@@H]1CCCN1S(=O)(=O)c1ccc([N+](=O)[O-])cc1. The third kappa shape index (κ3) is 7.40. The van der Waals surface area contributed by atoms with Crippen molar-refractivity contribution in [3.63, 3.8) is 0 Å². The molecule has 2 fully saturated rings. The first-order valence-electron chi connectivity index (χ1n) is 14.5. The van der Waals surface area contributed by atoms with Gasteiger partial charge in [-0.3, -0.25) is 14.9 Å². The molecule has 16 heteroatoms. The molecule has 46 heavy (non-hydrogen) atoms. The molecular weight excluding hydrogens is 620 g/mol. The number of non-ortho nitro benzene ring substituents is 1. The van der Waals surface area contributed by atoms with E-state index in [2.05, 4.69) is 15.2 Å². The lowest BCUT2D eigenvalue weighted by Gasteiger charge is -2.34. The van der Waals surface area contributed by atoms with E-state index < -0.39 is 45.0 Å². The van der Waals surface area contributed by atoms with Gasteiger partial charge in [-0.2, -0.15) is 4.31 Å². The van der Waals surface area contributed by atoms with Crippen molar-refractivity contribution in [3.8, 4) is 5.75 Å². The highest BCUT2D eigenvalue weighted by Crippen LogP contribution is 2.28. The Kier molecular flexibility index (Phi) is 9.77. The largest absolute Gasteiger partial charge is 0.480 e. The number of anilines is 1. The second kappa shape index (κ2) is 13.9. The van der Waals surface area contributed by atoms with Gasteiger partial charge in [-0.15, -0.1) is 0 Å². The first-order chi connectivity index (χ1) is 22.0. The molecule has 2 saturated heterocycles. The molecule has 0 unspecified atom stereocenters. The number of nitro groups is 1. The number of hydrogen-bond acceptors (Lipinski definition) is 10. The summed E-state index contributed by atoms with van der Waals surface area (Å²) in [5, 5.41) is 23.2. The molecule has 2 amide bonds. The van der Waals surface area contributed by atoms with Gasteiger partial charge in [0.05, 0.1) is 9.82 Å². The number of nitro benzene ring substituents is 1. The lowest BCUT2D eigenvalue weighted by molar-refractivity contribution is -0.384. The minimum atomic E-state index is -4.18. The molecule has 0 bridgehead atoms. The van der Waals surface area contributed by atoms with Gasteiger partial charge in [0.25, 0.3) is 5.69 Å². The lowest BCUT2D eigenvalue weighted by Crippen LogP contribution is -2.51. The number of carboxylic acids is 1. The Morgan fingerprint density at radius 3 is 2.30 bits per heavy atom. The standard InChI is InChI=1S/C30H32N6O9S/c37-28(26-4-3-15-35(26)46(43,44)24-12-8-22(9-13-24)36(41)42)32-25(29(38)39)20-21-6-10-23(11-7-21)45-30(40)34-18-16-33(17-19-34)27-5-1-2-14-31-27/h1-2,5-14,25-26H,3-4,15-20H2,(H,32,37)(H,38,39)/t25-,26-/m0/s1. The van der Waals surface area contributed by atoms with Crippen molar-refractivity contribution in [2.75, 3.05) is 37.6 Å². The van der Waals surface area contributed by atoms with Gasteiger partial charge in [-0.25, -0.2) is 23.0 Å². The van der Waals surface area contributed by atoms with Crippen LogP contribution in [0.3, 0.4) is 0 Å². The van der Waals surface area contributed by atoms with Crippen molar-refractivity contribution < 1.29 is 37.6 Å². The molecule has 0 saturated carbocycles. The fourth-order valence-electron chi connectivity index (χ4n) is 5.39. The van der Waals surface area contributed by atoms with Crippen LogP contribution in [0.15, 0.2) is 77.8 Å². The summed E-state index contributed by atoms with van der Waals surface area (Å²) in [6.45, 7) is 2.17. The first-order valence-corrected chi connectivity index (χ1v) is 16.0. The lowest BCUT2D eigenvalue weighted by atomic mass is 10.1. The van der Waals surface area contributed by atoms with E-state index in [0.29, 0.717) is 38.2 Å². The number of nitrogens with one attached hydrogen (secondary N) is 1. The molecule has 0 radical (unpaired) electrons. The van der Waals surface area contributed by atoms with Gasteiger partial charge in [-0.1, -0.05) is 18.2 Å². The van der Waals surface area contributed by atoms with E-state index in [1.165, 1.54) is 12.1 Å². The second-order valence-electron chi connectivity index (χ2n) is 10.8. The summed E-state index contributed by atoms with van der Waals surface area (Å²) in [6, 6.07) is 13.7. The number of amides is 2. The minimum Gasteiger partial charge on any atom is -0.480 e. The predicted octanol–water partition coefficient (Wildman–Crippen LogP) is 2.28. The van der Waals surface area contributed by atoms with Gasteiger partial charge in [0.15, 0.2) is 0 Å². The van der Waals surface area contributed by atoms with Crippen molar-refractivity contribution in [1.29, 1.82) is 0 Å². The average molecular weight is 653 g/mol. The van der Waals surface area contributed by atoms with Crippen LogP contribution in [0.5, 0.6) is 5.75 Å². The number of nitrogens with zero attached hydrogens (tertiary/aromatic N) is 5. The van der Waals surface area contributed by atoms with Crippen LogP contribution in [-0.4, -0.2) is 95.4 Å². The third-order valence-corrected chi connectivity index (χ3v) is 9.78. The monoisotopic (exact) mass is 652 g/mol. The molecule has 0 spiro atoms. The Balaban J connectivity index is 1.16. The molecule has 2 aromatic carbocycles. The molecule has 3 heterocycles. The van der Waals surface area contributed by atoms with E-state index in [9.17, 15) is 38.0 Å². The van der Waals surface area contributed by atoms with Gasteiger partial charge in [0, 0.05) is 57.5 Å². The number of aliphatic carboxylic acids is 1. The number of pyridine rings is 1. The summed E-state index contributed by atoms with van der Waals surface area (Å²) in [5.74, 6) is -0.953. The number of hydrogen-bond donors (Lipinski definition) is 2. The van der Waals surface area contributed by atoms with Crippen LogP contribution < -0.4 is 15.0 Å². The van der Waals surface area contributed by atoms with E-state index >= 15 is 0 Å². The number of carboxylic acid groups (broad SMARTS) is 1. The van der Waals surface area contributed by atoms with Gasteiger partial charge >= 0.3 is 12.1 Å². The number of carbonyl (C=O) groups is 3. The van der Waals surface area contributed by atoms with Crippen molar-refractivity contribution in [1.82, 2.24) is 19.5 Å². The summed E-state index contributed by atoms with van der Waals surface area (Å²) in [6.07, 6.45) is 1.67. The zero-order valence-corrected chi connectivity index (χ0v) is 25.4. The van der Waals surface area contributed by atoms with Crippen molar-refractivity contribution in [3.05, 3.63) is 88.6 Å². The van der Waals surface area contributed by atoms with Gasteiger partial charge in [-0.05, 0) is 54.8 Å². The van der Waals surface area contributed by atoms with Crippen LogP contribution in [0.4, 0.5) is 16.3 Å². The highest BCUT2D eigenvalue weighted by atomic mass is 32.2. The summed E-state index contributed by atoms with van der Waals surface area (Å²) >= 11 is 0. The molecule has 2 N–H and O–H groups in total. The molecule has 1 aromatic heterocycles. The number of aromatic nitrogens is 1. The van der Waals surface area contributed by atoms with Crippen LogP contribution in [0, 0.1) is 10.1 Å². The number of piperazine rings is 1. The minimum absolute atomic E-state index is 0.0370. The molecule has 3 aromatic rings. The summed E-state index contributed by atoms with van der Waals surface area (Å²) < 4.78 is 33.0. The van der Waals surface area contributed by atoms with E-state index in [0.717, 1.165) is 34.4 Å². The molecule has 2 aliphatic rings. The van der Waals surface area contributed by atoms with E-state index in [-0.39, 0.29) is 35.7 Å². The van der Waals surface area contributed by atoms with Crippen LogP contribution >= 0.6 is 0 Å². The molecule has 5 rings (SSSR count). The Hall–Kier alpha value is -5.09. The summed E-state index contributed by atoms with van der Waals surface area (Å²) in [7, 11) is -4.18. The van der Waals surface area contributed by atoms with Crippen LogP contribution in [0.2, 0.25) is 0 Å². The van der Waals surface area contributed by atoms with Gasteiger partial charge < -0.3 is 25.0 Å². The first kappa shape index (κ1) is 32.3. The maximum atomic E-state index is 13.2. The van der Waals surface area contributed by atoms with Crippen molar-refractivity contribution >= 4 is 39.5 Å². The van der Waals surface area contributed by atoms with E-state index in [4.69, 9.17) is 4.74 Å². The smallest absolute Gasteiger partial charge is 0.415 e. The molecular formula is C30H32N6O9S. The van der Waals surface area contributed by atoms with Crippen LogP contribution in [0.25, 0.3) is 0 Å². The highest BCUT2D eigenvalue weighted by molar-refractivity contribution is 7.89. The van der Waals surface area contributed by atoms with Crippen molar-refractivity contribution in [2.24, 2.45) is 0 Å². The predicted molar refractivity (Wildman–Crippen MR) is 164 cm³/mol. The van der Waals surface area contributed by atoms with E-state index in [1.807, 2.05) is 18.2 Å². The highest BCUT2D eigenvalue weighted by Gasteiger charge is 2.40. The maximum absolute atomic E-state index is 13.2. The Morgan fingerprint density at radius 1 is 1.00 bits per heavy atom. The number of sulfonamides is 1. The van der Waals surface area contributed by atoms with Gasteiger partial charge in [0.1, 0.15) is 23.7 Å². The fraction of sp³-hybridized carbons (Fsp3) is 0.333. The molecule has 2 aliphatic heterocycles. The van der Waals surface area contributed by atoms with Crippen molar-refractivity contribution in [2.45, 2.75) is 36.2 Å². The van der Waals surface area contributed by atoms with Crippen LogP contribution in [-0.2, 0) is 26.0 Å². The topological polar surface area (TPSA) is 193 Å². The number of benzene rings is 2. The summed E-state index contributed by atoms with van der Waals surface area (Å²) in [4.78, 5) is 56.0. The Morgan fingerprint density at radius 2 is 1.70 bits per heavy atom. The number of ether oxygens (including phenoxy) is 1. The summed E-state index contributed by atoms with van der Waals surface area (Å²) in [5.41, 5.74) is 0.263. The zero-order chi connectivity index (χ0) is 32.8. The molecule has 0 aliphatic carbocycles. The third-order valence-electron chi connectivity index (χ3n) is 7.85.